The Hall–Kier alpha value is -3.19. The number of carbonyl (C=O) groups is 2. The average Bonchev–Trinajstić information content (AvgIpc) is 2.75. The van der Waals surface area contributed by atoms with E-state index in [4.69, 9.17) is 16.3 Å². The van der Waals surface area contributed by atoms with Crippen molar-refractivity contribution in [1.82, 2.24) is 4.90 Å². The average molecular weight is 443 g/mol. The largest absolute Gasteiger partial charge is 0.463 e. The summed E-state index contributed by atoms with van der Waals surface area (Å²) in [7, 11) is 0. The lowest BCUT2D eigenvalue weighted by molar-refractivity contribution is -0.384. The molecule has 1 aliphatic heterocycles. The third kappa shape index (κ3) is 4.77. The lowest BCUT2D eigenvalue weighted by atomic mass is 9.82. The number of nitrogens with zero attached hydrogens (tertiary/aromatic N) is 2. The van der Waals surface area contributed by atoms with Crippen LogP contribution in [0.3, 0.4) is 0 Å². The number of nitro benzene ring substituents is 1. The predicted octanol–water partition coefficient (Wildman–Crippen LogP) is 4.99. The number of nitro groups is 1. The molecule has 1 heterocycles. The van der Waals surface area contributed by atoms with Gasteiger partial charge in [-0.1, -0.05) is 48.9 Å². The maximum absolute atomic E-state index is 13.2. The van der Waals surface area contributed by atoms with E-state index in [1.54, 1.807) is 36.1 Å². The Kier molecular flexibility index (Phi) is 7.07. The van der Waals surface area contributed by atoms with Gasteiger partial charge < -0.3 is 9.64 Å². The Bertz CT molecular complexity index is 1030. The van der Waals surface area contributed by atoms with Gasteiger partial charge in [-0.2, -0.15) is 0 Å². The molecular formula is C23H23ClN2O5. The van der Waals surface area contributed by atoms with Gasteiger partial charge in [0, 0.05) is 35.2 Å². The molecule has 0 aromatic heterocycles. The van der Waals surface area contributed by atoms with E-state index in [0.717, 1.165) is 5.56 Å². The van der Waals surface area contributed by atoms with Crippen LogP contribution in [0.5, 0.6) is 0 Å². The number of halogens is 1. The first kappa shape index (κ1) is 22.5. The SMILES string of the molecule is CCOC(=O)C1=C(CC)N(Cc2ccc([N+](=O)[O-])cc2)C(=O)CC1c1ccccc1Cl. The molecule has 0 fully saturated rings. The molecular weight excluding hydrogens is 420 g/mol. The summed E-state index contributed by atoms with van der Waals surface area (Å²) in [5, 5.41) is 11.4. The third-order valence-corrected chi connectivity index (χ3v) is 5.61. The fourth-order valence-corrected chi connectivity index (χ4v) is 4.11. The number of hydrogen-bond acceptors (Lipinski definition) is 5. The second-order valence-corrected chi connectivity index (χ2v) is 7.52. The maximum atomic E-state index is 13.2. The molecule has 0 N–H and O–H groups in total. The molecule has 1 unspecified atom stereocenters. The Morgan fingerprint density at radius 1 is 1.19 bits per heavy atom. The minimum absolute atomic E-state index is 0.0222. The van der Waals surface area contributed by atoms with Crippen LogP contribution in [0.15, 0.2) is 59.8 Å². The zero-order valence-electron chi connectivity index (χ0n) is 17.3. The highest BCUT2D eigenvalue weighted by atomic mass is 35.5. The number of non-ortho nitro benzene ring substituents is 1. The van der Waals surface area contributed by atoms with Crippen molar-refractivity contribution in [3.63, 3.8) is 0 Å². The minimum atomic E-state index is -0.497. The Labute approximate surface area is 185 Å². The molecule has 8 heteroatoms. The predicted molar refractivity (Wildman–Crippen MR) is 116 cm³/mol. The number of allylic oxidation sites excluding steroid dienone is 1. The van der Waals surface area contributed by atoms with Crippen LogP contribution in [0, 0.1) is 10.1 Å². The smallest absolute Gasteiger partial charge is 0.336 e. The van der Waals surface area contributed by atoms with Crippen LogP contribution >= 0.6 is 11.6 Å². The Balaban J connectivity index is 2.05. The summed E-state index contributed by atoms with van der Waals surface area (Å²) in [6, 6.07) is 13.2. The molecule has 0 saturated carbocycles. The van der Waals surface area contributed by atoms with Gasteiger partial charge in [0.05, 0.1) is 23.6 Å². The summed E-state index contributed by atoms with van der Waals surface area (Å²) in [4.78, 5) is 38.1. The highest BCUT2D eigenvalue weighted by molar-refractivity contribution is 6.31. The molecule has 0 radical (unpaired) electrons. The number of ether oxygens (including phenoxy) is 1. The lowest BCUT2D eigenvalue weighted by Gasteiger charge is -2.36. The van der Waals surface area contributed by atoms with Crippen LogP contribution in [-0.4, -0.2) is 28.3 Å². The van der Waals surface area contributed by atoms with Crippen molar-refractivity contribution in [2.24, 2.45) is 0 Å². The topological polar surface area (TPSA) is 89.8 Å². The first-order valence-electron chi connectivity index (χ1n) is 10.1. The molecule has 0 saturated heterocycles. The second-order valence-electron chi connectivity index (χ2n) is 7.12. The zero-order chi connectivity index (χ0) is 22.5. The molecule has 2 aromatic carbocycles. The molecule has 31 heavy (non-hydrogen) atoms. The van der Waals surface area contributed by atoms with E-state index in [9.17, 15) is 19.7 Å². The first-order valence-corrected chi connectivity index (χ1v) is 10.4. The molecule has 2 aromatic rings. The van der Waals surface area contributed by atoms with Crippen LogP contribution in [0.25, 0.3) is 0 Å². The van der Waals surface area contributed by atoms with Crippen molar-refractivity contribution in [3.05, 3.63) is 86.1 Å². The third-order valence-electron chi connectivity index (χ3n) is 5.26. The maximum Gasteiger partial charge on any atom is 0.336 e. The van der Waals surface area contributed by atoms with Crippen molar-refractivity contribution >= 4 is 29.2 Å². The van der Waals surface area contributed by atoms with E-state index in [1.165, 1.54) is 12.1 Å². The molecule has 1 atom stereocenters. The Morgan fingerprint density at radius 3 is 2.45 bits per heavy atom. The van der Waals surface area contributed by atoms with Crippen LogP contribution in [0.1, 0.15) is 43.7 Å². The Morgan fingerprint density at radius 2 is 1.87 bits per heavy atom. The van der Waals surface area contributed by atoms with Crippen molar-refractivity contribution in [2.45, 2.75) is 39.2 Å². The number of carbonyl (C=O) groups excluding carboxylic acids is 2. The molecule has 0 bridgehead atoms. The molecule has 1 amide bonds. The van der Waals surface area contributed by atoms with Crippen molar-refractivity contribution in [3.8, 4) is 0 Å². The molecule has 3 rings (SSSR count). The van der Waals surface area contributed by atoms with Gasteiger partial charge in [-0.3, -0.25) is 14.9 Å². The van der Waals surface area contributed by atoms with Gasteiger partial charge in [-0.05, 0) is 30.5 Å². The summed E-state index contributed by atoms with van der Waals surface area (Å²) in [6.45, 7) is 4.03. The molecule has 1 aliphatic rings. The van der Waals surface area contributed by atoms with Crippen molar-refractivity contribution in [2.75, 3.05) is 6.61 Å². The normalized spacial score (nSPS) is 16.4. The van der Waals surface area contributed by atoms with Gasteiger partial charge in [0.2, 0.25) is 5.91 Å². The minimum Gasteiger partial charge on any atom is -0.463 e. The van der Waals surface area contributed by atoms with E-state index in [-0.39, 0.29) is 31.2 Å². The van der Waals surface area contributed by atoms with Crippen LogP contribution in [-0.2, 0) is 20.9 Å². The molecule has 162 valence electrons. The summed E-state index contributed by atoms with van der Waals surface area (Å²) >= 11 is 6.40. The van der Waals surface area contributed by atoms with Gasteiger partial charge in [0.25, 0.3) is 5.69 Å². The van der Waals surface area contributed by atoms with Gasteiger partial charge in [0.15, 0.2) is 0 Å². The second kappa shape index (κ2) is 9.75. The number of benzene rings is 2. The van der Waals surface area contributed by atoms with Gasteiger partial charge in [-0.25, -0.2) is 4.79 Å². The van der Waals surface area contributed by atoms with E-state index in [0.29, 0.717) is 28.3 Å². The van der Waals surface area contributed by atoms with Crippen molar-refractivity contribution in [1.29, 1.82) is 0 Å². The fourth-order valence-electron chi connectivity index (χ4n) is 3.85. The standard InChI is InChI=1S/C23H23ClN2O5/c1-3-20-22(23(28)31-4-2)18(17-7-5-6-8-19(17)24)13-21(27)25(20)14-15-9-11-16(12-10-15)26(29)30/h5-12,18H,3-4,13-14H2,1-2H3. The van der Waals surface area contributed by atoms with Crippen LogP contribution < -0.4 is 0 Å². The number of amides is 1. The number of hydrogen-bond donors (Lipinski definition) is 0. The van der Waals surface area contributed by atoms with Gasteiger partial charge in [0.1, 0.15) is 0 Å². The van der Waals surface area contributed by atoms with Crippen molar-refractivity contribution < 1.29 is 19.2 Å². The highest BCUT2D eigenvalue weighted by Gasteiger charge is 2.38. The van der Waals surface area contributed by atoms with E-state index >= 15 is 0 Å². The summed E-state index contributed by atoms with van der Waals surface area (Å²) in [6.07, 6.45) is 0.516. The molecule has 7 nitrogen and oxygen atoms in total. The van der Waals surface area contributed by atoms with E-state index < -0.39 is 16.8 Å². The molecule has 0 aliphatic carbocycles. The first-order chi connectivity index (χ1) is 14.9. The van der Waals surface area contributed by atoms with Gasteiger partial charge >= 0.3 is 5.97 Å². The van der Waals surface area contributed by atoms with E-state index in [1.807, 2.05) is 19.1 Å². The zero-order valence-corrected chi connectivity index (χ0v) is 18.1. The van der Waals surface area contributed by atoms with E-state index in [2.05, 4.69) is 0 Å². The lowest BCUT2D eigenvalue weighted by Crippen LogP contribution is -2.39. The molecule has 0 spiro atoms. The fraction of sp³-hybridized carbons (Fsp3) is 0.304. The van der Waals surface area contributed by atoms with Gasteiger partial charge in [-0.15, -0.1) is 0 Å². The van der Waals surface area contributed by atoms with Crippen LogP contribution in [0.4, 0.5) is 5.69 Å². The number of esters is 1. The monoisotopic (exact) mass is 442 g/mol. The highest BCUT2D eigenvalue weighted by Crippen LogP contribution is 2.41. The van der Waals surface area contributed by atoms with Crippen LogP contribution in [0.2, 0.25) is 5.02 Å². The summed E-state index contributed by atoms with van der Waals surface area (Å²) in [5.74, 6) is -1.11. The summed E-state index contributed by atoms with van der Waals surface area (Å²) in [5.41, 5.74) is 2.42. The number of rotatable bonds is 7. The summed E-state index contributed by atoms with van der Waals surface area (Å²) < 4.78 is 5.33. The quantitative estimate of drug-likeness (QED) is 0.342.